The van der Waals surface area contributed by atoms with E-state index in [1.54, 1.807) is 0 Å². The van der Waals surface area contributed by atoms with E-state index in [2.05, 4.69) is 15.5 Å². The second-order valence-corrected chi connectivity index (χ2v) is 4.32. The van der Waals surface area contributed by atoms with Crippen LogP contribution in [0.2, 0.25) is 0 Å². The first-order chi connectivity index (χ1) is 7.31. The molecule has 4 nitrogen and oxygen atoms in total. The number of rotatable bonds is 3. The molecule has 0 radical (unpaired) electrons. The summed E-state index contributed by atoms with van der Waals surface area (Å²) >= 11 is 0. The minimum Gasteiger partial charge on any atom is -0.423 e. The summed E-state index contributed by atoms with van der Waals surface area (Å²) in [5.74, 6) is 2.05. The lowest BCUT2D eigenvalue weighted by molar-refractivity contribution is 0.338. The molecule has 0 aromatic carbocycles. The molecule has 1 N–H and O–H groups in total. The lowest BCUT2D eigenvalue weighted by Gasteiger charge is -2.17. The van der Waals surface area contributed by atoms with Gasteiger partial charge in [-0.25, -0.2) is 0 Å². The first-order valence-corrected chi connectivity index (χ1v) is 5.82. The Kier molecular flexibility index (Phi) is 3.36. The summed E-state index contributed by atoms with van der Waals surface area (Å²) < 4.78 is 5.69. The second kappa shape index (κ2) is 4.75. The Balaban J connectivity index is 2.05. The van der Waals surface area contributed by atoms with Crippen LogP contribution in [-0.4, -0.2) is 17.2 Å². The van der Waals surface area contributed by atoms with Crippen molar-refractivity contribution in [3.05, 3.63) is 11.8 Å². The third-order valence-corrected chi connectivity index (χ3v) is 3.21. The Morgan fingerprint density at radius 3 is 2.67 bits per heavy atom. The van der Waals surface area contributed by atoms with E-state index < -0.39 is 0 Å². The molecule has 1 heterocycles. The van der Waals surface area contributed by atoms with E-state index in [0.29, 0.717) is 11.8 Å². The van der Waals surface area contributed by atoms with Crippen molar-refractivity contribution in [3.8, 4) is 0 Å². The fourth-order valence-electron chi connectivity index (χ4n) is 2.06. The van der Waals surface area contributed by atoms with Gasteiger partial charge in [0.1, 0.15) is 0 Å². The number of nitrogens with zero attached hydrogens (tertiary/aromatic N) is 2. The molecule has 15 heavy (non-hydrogen) atoms. The summed E-state index contributed by atoms with van der Waals surface area (Å²) in [6, 6.07) is 0.148. The summed E-state index contributed by atoms with van der Waals surface area (Å²) in [4.78, 5) is 0. The van der Waals surface area contributed by atoms with Crippen LogP contribution in [-0.2, 0) is 0 Å². The van der Waals surface area contributed by atoms with E-state index in [9.17, 15) is 0 Å². The summed E-state index contributed by atoms with van der Waals surface area (Å²) in [5, 5.41) is 11.3. The largest absolute Gasteiger partial charge is 0.423 e. The third kappa shape index (κ3) is 2.37. The molecular formula is C11H19N3O. The topological polar surface area (TPSA) is 51.0 Å². The maximum Gasteiger partial charge on any atom is 0.233 e. The van der Waals surface area contributed by atoms with E-state index in [1.807, 2.05) is 14.0 Å². The highest BCUT2D eigenvalue weighted by Crippen LogP contribution is 2.32. The van der Waals surface area contributed by atoms with Gasteiger partial charge in [0, 0.05) is 5.92 Å². The van der Waals surface area contributed by atoms with Gasteiger partial charge < -0.3 is 9.73 Å². The second-order valence-electron chi connectivity index (χ2n) is 4.32. The van der Waals surface area contributed by atoms with E-state index in [0.717, 1.165) is 5.89 Å². The molecule has 0 saturated heterocycles. The fraction of sp³-hybridized carbons (Fsp3) is 0.818. The Labute approximate surface area is 90.5 Å². The molecule has 2 rings (SSSR count). The number of nitrogens with one attached hydrogen (secondary N) is 1. The van der Waals surface area contributed by atoms with Gasteiger partial charge in [0.05, 0.1) is 6.04 Å². The molecule has 1 atom stereocenters. The number of hydrogen-bond donors (Lipinski definition) is 1. The van der Waals surface area contributed by atoms with Crippen LogP contribution < -0.4 is 5.32 Å². The first kappa shape index (κ1) is 10.6. The van der Waals surface area contributed by atoms with Crippen LogP contribution >= 0.6 is 0 Å². The van der Waals surface area contributed by atoms with Crippen LogP contribution in [0.15, 0.2) is 4.42 Å². The van der Waals surface area contributed by atoms with Crippen LogP contribution in [0.25, 0.3) is 0 Å². The van der Waals surface area contributed by atoms with Gasteiger partial charge in [0.15, 0.2) is 0 Å². The molecule has 84 valence electrons. The smallest absolute Gasteiger partial charge is 0.233 e. The molecular weight excluding hydrogens is 190 g/mol. The normalized spacial score (nSPS) is 20.4. The van der Waals surface area contributed by atoms with Crippen molar-refractivity contribution >= 4 is 0 Å². The Morgan fingerprint density at radius 2 is 2.00 bits per heavy atom. The van der Waals surface area contributed by atoms with Gasteiger partial charge in [-0.1, -0.05) is 19.3 Å². The average Bonchev–Trinajstić information content (AvgIpc) is 2.78. The van der Waals surface area contributed by atoms with E-state index in [1.165, 1.54) is 32.1 Å². The van der Waals surface area contributed by atoms with Crippen molar-refractivity contribution < 1.29 is 4.42 Å². The zero-order valence-electron chi connectivity index (χ0n) is 9.49. The van der Waals surface area contributed by atoms with E-state index in [4.69, 9.17) is 4.42 Å². The highest BCUT2D eigenvalue weighted by atomic mass is 16.4. The minimum atomic E-state index is 0.148. The highest BCUT2D eigenvalue weighted by Gasteiger charge is 2.22. The summed E-state index contributed by atoms with van der Waals surface area (Å²) in [6.45, 7) is 2.03. The van der Waals surface area contributed by atoms with E-state index in [-0.39, 0.29) is 6.04 Å². The SMILES string of the molecule is CNC(C)c1nnc(C2CCCCC2)o1. The first-order valence-electron chi connectivity index (χ1n) is 5.82. The Morgan fingerprint density at radius 1 is 1.27 bits per heavy atom. The van der Waals surface area contributed by atoms with Crippen molar-refractivity contribution in [2.45, 2.75) is 51.0 Å². The maximum atomic E-state index is 5.69. The van der Waals surface area contributed by atoms with E-state index >= 15 is 0 Å². The van der Waals surface area contributed by atoms with Crippen LogP contribution in [0, 0.1) is 0 Å². The molecule has 0 bridgehead atoms. The molecule has 1 saturated carbocycles. The molecule has 1 aromatic heterocycles. The van der Waals surface area contributed by atoms with Gasteiger partial charge in [0.25, 0.3) is 0 Å². The lowest BCUT2D eigenvalue weighted by atomic mass is 9.89. The van der Waals surface area contributed by atoms with Crippen LogP contribution in [0.5, 0.6) is 0 Å². The Bertz CT molecular complexity index is 305. The monoisotopic (exact) mass is 209 g/mol. The van der Waals surface area contributed by atoms with Crippen LogP contribution in [0.3, 0.4) is 0 Å². The molecule has 1 unspecified atom stereocenters. The van der Waals surface area contributed by atoms with Gasteiger partial charge in [-0.05, 0) is 26.8 Å². The number of hydrogen-bond acceptors (Lipinski definition) is 4. The van der Waals surface area contributed by atoms with Gasteiger partial charge in [-0.3, -0.25) is 0 Å². The molecule has 1 aliphatic carbocycles. The standard InChI is InChI=1S/C11H19N3O/c1-8(12-2)10-13-14-11(15-10)9-6-4-3-5-7-9/h8-9,12H,3-7H2,1-2H3. The van der Waals surface area contributed by atoms with Crippen molar-refractivity contribution in [3.63, 3.8) is 0 Å². The zero-order chi connectivity index (χ0) is 10.7. The van der Waals surface area contributed by atoms with Crippen molar-refractivity contribution in [1.82, 2.24) is 15.5 Å². The molecule has 0 amide bonds. The third-order valence-electron chi connectivity index (χ3n) is 3.21. The van der Waals surface area contributed by atoms with Gasteiger partial charge >= 0.3 is 0 Å². The molecule has 1 aliphatic rings. The average molecular weight is 209 g/mol. The molecule has 4 heteroatoms. The van der Waals surface area contributed by atoms with Crippen molar-refractivity contribution in [2.24, 2.45) is 0 Å². The number of aromatic nitrogens is 2. The van der Waals surface area contributed by atoms with Crippen molar-refractivity contribution in [1.29, 1.82) is 0 Å². The van der Waals surface area contributed by atoms with Crippen molar-refractivity contribution in [2.75, 3.05) is 7.05 Å². The quantitative estimate of drug-likeness (QED) is 0.830. The molecule has 1 fully saturated rings. The lowest BCUT2D eigenvalue weighted by Crippen LogP contribution is -2.12. The van der Waals surface area contributed by atoms with Gasteiger partial charge in [-0.15, -0.1) is 10.2 Å². The maximum absolute atomic E-state index is 5.69. The predicted octanol–water partition coefficient (Wildman–Crippen LogP) is 2.40. The predicted molar refractivity (Wildman–Crippen MR) is 57.6 cm³/mol. The highest BCUT2D eigenvalue weighted by molar-refractivity contribution is 4.95. The summed E-state index contributed by atoms with van der Waals surface area (Å²) in [5.41, 5.74) is 0. The summed E-state index contributed by atoms with van der Waals surface area (Å²) in [7, 11) is 1.90. The van der Waals surface area contributed by atoms with Gasteiger partial charge in [-0.2, -0.15) is 0 Å². The molecule has 0 aliphatic heterocycles. The van der Waals surface area contributed by atoms with Gasteiger partial charge in [0.2, 0.25) is 11.8 Å². The minimum absolute atomic E-state index is 0.148. The Hall–Kier alpha value is -0.900. The van der Waals surface area contributed by atoms with Crippen LogP contribution in [0.1, 0.15) is 62.8 Å². The molecule has 0 spiro atoms. The fourth-order valence-corrected chi connectivity index (χ4v) is 2.06. The van der Waals surface area contributed by atoms with Crippen LogP contribution in [0.4, 0.5) is 0 Å². The zero-order valence-corrected chi connectivity index (χ0v) is 9.49. The molecule has 1 aromatic rings. The summed E-state index contributed by atoms with van der Waals surface area (Å²) in [6.07, 6.45) is 6.35.